The number of amides is 4. The number of carbonyl (C=O) groups excluding carboxylic acids is 9. The quantitative estimate of drug-likeness (QED) is 0.0220. The predicted octanol–water partition coefficient (Wildman–Crippen LogP) is 4.57. The Labute approximate surface area is 512 Å². The highest BCUT2D eigenvalue weighted by Gasteiger charge is 2.14. The number of carboxylic acids is 2. The Morgan fingerprint density at radius 1 is 0.326 bits per heavy atom. The summed E-state index contributed by atoms with van der Waals surface area (Å²) in [6.07, 6.45) is 0.0398. The second-order valence-electron chi connectivity index (χ2n) is 18.2. The maximum Gasteiger partial charge on any atom is 0.338 e. The van der Waals surface area contributed by atoms with Crippen LogP contribution < -0.4 is 27.0 Å². The van der Waals surface area contributed by atoms with Gasteiger partial charge in [0.1, 0.15) is 33.0 Å². The van der Waals surface area contributed by atoms with Crippen LogP contribution in [0.5, 0.6) is 0 Å². The van der Waals surface area contributed by atoms with Crippen molar-refractivity contribution in [2.75, 3.05) is 59.2 Å². The Balaban J connectivity index is 0.000000334. The predicted molar refractivity (Wildman–Crippen MR) is 320 cm³/mol. The van der Waals surface area contributed by atoms with E-state index in [-0.39, 0.29) is 127 Å². The zero-order valence-corrected chi connectivity index (χ0v) is 48.5. The highest BCUT2D eigenvalue weighted by molar-refractivity contribution is 5.99. The standard InChI is InChI=1S/C28H28N2O6.C14H16N2O6.C12H14O6.C10H13NO2/c31-25(35-19-21-7-3-1-4-8-21)15-17-29-27(33)23-11-13-24(14-12-23)28(34)30-18-16-26(32)36-20-22-9-5-2-6-10-22;17-11(18)5-7-15-13(21)9-1-2-10(4-3-9)14(22)16-8-6-12(19)20;13-5-7-17-11(15)9-1-2-10(4-3-9)12(16)18-8-6-14;11-7-6-10(12)13-8-9-4-2-1-3-5-9/h1-14H,15-20H2,(H,29,33)(H,30,34);1-4H,5-8H2,(H,15,21)(H,16,22)(H,17,18)(H,19,20);1-4,13-14H,5-8H2;1-5H,6-8,11H2. The summed E-state index contributed by atoms with van der Waals surface area (Å²) in [5.41, 5.74) is 9.84. The van der Waals surface area contributed by atoms with Crippen molar-refractivity contribution in [3.8, 4) is 0 Å². The summed E-state index contributed by atoms with van der Waals surface area (Å²) in [7, 11) is 0. The van der Waals surface area contributed by atoms with Crippen LogP contribution in [0, 0.1) is 0 Å². The molecule has 10 N–H and O–H groups in total. The first-order chi connectivity index (χ1) is 42.9. The number of benzene rings is 6. The first-order valence-corrected chi connectivity index (χ1v) is 27.6. The van der Waals surface area contributed by atoms with Crippen LogP contribution in [0.3, 0.4) is 0 Å². The van der Waals surface area contributed by atoms with E-state index in [9.17, 15) is 52.7 Å². The largest absolute Gasteiger partial charge is 0.481 e. The van der Waals surface area contributed by atoms with Gasteiger partial charge in [-0.2, -0.15) is 0 Å². The van der Waals surface area contributed by atoms with E-state index in [0.29, 0.717) is 35.4 Å². The van der Waals surface area contributed by atoms with Crippen LogP contribution in [0.15, 0.2) is 164 Å². The second kappa shape index (κ2) is 43.1. The Bertz CT molecular complexity index is 2990. The molecule has 0 radical (unpaired) electrons. The molecule has 6 rings (SSSR count). The Hall–Kier alpha value is -10.6. The lowest BCUT2D eigenvalue weighted by Gasteiger charge is -2.08. The van der Waals surface area contributed by atoms with Crippen LogP contribution in [0.1, 0.15) is 111 Å². The molecule has 0 spiro atoms. The number of carbonyl (C=O) groups is 11. The van der Waals surface area contributed by atoms with Crippen LogP contribution in [0.2, 0.25) is 0 Å². The molecule has 0 aliphatic carbocycles. The van der Waals surface area contributed by atoms with Crippen LogP contribution in [0.25, 0.3) is 0 Å². The van der Waals surface area contributed by atoms with Crippen molar-refractivity contribution in [3.05, 3.63) is 214 Å². The van der Waals surface area contributed by atoms with Gasteiger partial charge in [-0.15, -0.1) is 0 Å². The fourth-order valence-electron chi connectivity index (χ4n) is 6.81. The van der Waals surface area contributed by atoms with Gasteiger partial charge in [-0.25, -0.2) is 9.59 Å². The molecule has 6 aromatic rings. The summed E-state index contributed by atoms with van der Waals surface area (Å²) in [5, 5.41) is 44.1. The van der Waals surface area contributed by atoms with Gasteiger partial charge in [-0.1, -0.05) is 91.0 Å². The van der Waals surface area contributed by atoms with Gasteiger partial charge >= 0.3 is 41.8 Å². The van der Waals surface area contributed by atoms with Gasteiger partial charge in [0.15, 0.2) is 0 Å². The maximum atomic E-state index is 12.3. The molecule has 25 nitrogen and oxygen atoms in total. The summed E-state index contributed by atoms with van der Waals surface area (Å²) in [6, 6.07) is 45.7. The molecule has 0 aliphatic heterocycles. The number of aliphatic carboxylic acids is 2. The number of nitrogens with two attached hydrogens (primary N) is 1. The number of aliphatic hydroxyl groups excluding tert-OH is 2. The topological polar surface area (TPSA) is 389 Å². The van der Waals surface area contributed by atoms with Crippen molar-refractivity contribution in [2.45, 2.75) is 51.9 Å². The van der Waals surface area contributed by atoms with E-state index in [1.54, 1.807) is 0 Å². The third-order valence-corrected chi connectivity index (χ3v) is 11.4. The van der Waals surface area contributed by atoms with Crippen LogP contribution in [0.4, 0.5) is 0 Å². The SMILES string of the molecule is NCCC(=O)OCc1ccccc1.O=C(CCNC(=O)c1ccc(C(=O)NCCC(=O)OCc2ccccc2)cc1)OCc1ccccc1.O=C(O)CCNC(=O)c1ccc(C(=O)NCCC(=O)O)cc1.O=C(OCCO)c1ccc(C(=O)OCCO)cc1. The smallest absolute Gasteiger partial charge is 0.338 e. The molecular weight excluding hydrogens is 1160 g/mol. The van der Waals surface area contributed by atoms with Gasteiger partial charge in [0, 0.05) is 55.0 Å². The van der Waals surface area contributed by atoms with Gasteiger partial charge in [0.05, 0.1) is 56.4 Å². The third kappa shape index (κ3) is 31.9. The van der Waals surface area contributed by atoms with Crippen molar-refractivity contribution >= 4 is 65.4 Å². The van der Waals surface area contributed by atoms with E-state index in [0.717, 1.165) is 16.7 Å². The molecule has 0 heterocycles. The second-order valence-corrected chi connectivity index (χ2v) is 18.2. The normalized spacial score (nSPS) is 9.97. The zero-order valence-electron chi connectivity index (χ0n) is 48.5. The Morgan fingerprint density at radius 3 is 0.820 bits per heavy atom. The van der Waals surface area contributed by atoms with Gasteiger partial charge in [0.25, 0.3) is 23.6 Å². The summed E-state index contributed by atoms with van der Waals surface area (Å²) in [6.45, 7) is 0.736. The minimum atomic E-state index is -1.01. The molecule has 0 aromatic heterocycles. The van der Waals surface area contributed by atoms with Gasteiger partial charge in [-0.05, 0) is 89.5 Å². The molecule has 0 saturated carbocycles. The molecule has 0 atom stereocenters. The molecule has 0 bridgehead atoms. The van der Waals surface area contributed by atoms with Crippen LogP contribution >= 0.6 is 0 Å². The molecule has 89 heavy (non-hydrogen) atoms. The molecule has 0 unspecified atom stereocenters. The van der Waals surface area contributed by atoms with Crippen molar-refractivity contribution in [3.63, 3.8) is 0 Å². The minimum absolute atomic E-state index is 0.0194. The number of hydrogen-bond acceptors (Lipinski definition) is 19. The van der Waals surface area contributed by atoms with Crippen LogP contribution in [-0.2, 0) is 67.5 Å². The summed E-state index contributed by atoms with van der Waals surface area (Å²) < 4.78 is 24.7. The van der Waals surface area contributed by atoms with Crippen LogP contribution in [-0.4, -0.2) is 145 Å². The van der Waals surface area contributed by atoms with Gasteiger partial charge in [-0.3, -0.25) is 43.2 Å². The number of carboxylic acid groups (broad SMARTS) is 2. The molecule has 0 aliphatic rings. The summed E-state index contributed by atoms with van der Waals surface area (Å²) in [4.78, 5) is 126. The molecular formula is C64H71N5O20. The lowest BCUT2D eigenvalue weighted by molar-refractivity contribution is -0.145. The van der Waals surface area contributed by atoms with E-state index in [1.165, 1.54) is 72.8 Å². The highest BCUT2D eigenvalue weighted by atomic mass is 16.6. The Kier molecular flexibility index (Phi) is 35.1. The lowest BCUT2D eigenvalue weighted by atomic mass is 10.1. The average molecular weight is 1230 g/mol. The molecule has 6 aromatic carbocycles. The fraction of sp³-hybridized carbons (Fsp3) is 0.266. The first kappa shape index (κ1) is 72.6. The Morgan fingerprint density at radius 2 is 0.573 bits per heavy atom. The van der Waals surface area contributed by atoms with E-state index in [2.05, 4.69) is 21.3 Å². The average Bonchev–Trinajstić information content (AvgIpc) is 3.76. The molecule has 472 valence electrons. The van der Waals surface area contributed by atoms with E-state index < -0.39 is 47.6 Å². The third-order valence-electron chi connectivity index (χ3n) is 11.4. The number of rotatable bonds is 30. The molecule has 0 fully saturated rings. The number of aliphatic hydroxyl groups is 2. The van der Waals surface area contributed by atoms with Crippen molar-refractivity contribution in [1.29, 1.82) is 0 Å². The van der Waals surface area contributed by atoms with E-state index >= 15 is 0 Å². The van der Waals surface area contributed by atoms with Crippen molar-refractivity contribution < 1.29 is 96.9 Å². The van der Waals surface area contributed by atoms with Gasteiger partial charge in [0.2, 0.25) is 0 Å². The number of nitrogens with one attached hydrogen (secondary N) is 4. The number of esters is 5. The molecule has 0 saturated heterocycles. The summed E-state index contributed by atoms with van der Waals surface area (Å²) >= 11 is 0. The monoisotopic (exact) mass is 1230 g/mol. The lowest BCUT2D eigenvalue weighted by Crippen LogP contribution is -2.27. The number of hydrogen-bond donors (Lipinski definition) is 9. The first-order valence-electron chi connectivity index (χ1n) is 27.6. The molecule has 25 heteroatoms. The van der Waals surface area contributed by atoms with Crippen molar-refractivity contribution in [1.82, 2.24) is 21.3 Å². The fourth-order valence-corrected chi connectivity index (χ4v) is 6.81. The number of ether oxygens (including phenoxy) is 5. The molecule has 4 amide bonds. The maximum absolute atomic E-state index is 12.3. The zero-order chi connectivity index (χ0) is 65.0. The summed E-state index contributed by atoms with van der Waals surface area (Å²) in [5.74, 6) is -5.80. The van der Waals surface area contributed by atoms with Crippen molar-refractivity contribution in [2.24, 2.45) is 5.73 Å². The van der Waals surface area contributed by atoms with Gasteiger partial charge < -0.3 is 71.1 Å². The van der Waals surface area contributed by atoms with E-state index in [4.69, 9.17) is 49.8 Å². The van der Waals surface area contributed by atoms with E-state index in [1.807, 2.05) is 91.0 Å². The minimum Gasteiger partial charge on any atom is -0.481 e. The highest BCUT2D eigenvalue weighted by Crippen LogP contribution is 2.10.